The molecule has 5 rings (SSSR count). The van der Waals surface area contributed by atoms with Gasteiger partial charge < -0.3 is 24.5 Å². The van der Waals surface area contributed by atoms with Crippen molar-refractivity contribution in [3.63, 3.8) is 0 Å². The van der Waals surface area contributed by atoms with Gasteiger partial charge in [0.15, 0.2) is 0 Å². The predicted octanol–water partition coefficient (Wildman–Crippen LogP) is 4.44. The van der Waals surface area contributed by atoms with Gasteiger partial charge in [0, 0.05) is 35.3 Å². The topological polar surface area (TPSA) is 81.3 Å². The molecule has 1 saturated heterocycles. The van der Waals surface area contributed by atoms with E-state index in [2.05, 4.69) is 33.5 Å². The molecule has 1 fully saturated rings. The van der Waals surface area contributed by atoms with E-state index < -0.39 is 0 Å². The summed E-state index contributed by atoms with van der Waals surface area (Å²) < 4.78 is 17.0. The highest BCUT2D eigenvalue weighted by Crippen LogP contribution is 2.34. The first-order valence-electron chi connectivity index (χ1n) is 10.8. The quantitative estimate of drug-likeness (QED) is 0.471. The molecule has 1 aliphatic rings. The van der Waals surface area contributed by atoms with Crippen molar-refractivity contribution in [1.82, 2.24) is 20.3 Å². The van der Waals surface area contributed by atoms with Crippen LogP contribution in [0, 0.1) is 0 Å². The molecule has 7 heteroatoms. The summed E-state index contributed by atoms with van der Waals surface area (Å²) in [4.78, 5) is 12.5. The lowest BCUT2D eigenvalue weighted by Gasteiger charge is -2.23. The average Bonchev–Trinajstić information content (AvgIpc) is 3.28. The Morgan fingerprint density at radius 3 is 2.56 bits per heavy atom. The minimum atomic E-state index is 0.130. The smallest absolute Gasteiger partial charge is 0.233 e. The van der Waals surface area contributed by atoms with Gasteiger partial charge in [0.25, 0.3) is 0 Å². The van der Waals surface area contributed by atoms with Gasteiger partial charge in [0.2, 0.25) is 5.88 Å². The number of nitrogens with one attached hydrogen (secondary N) is 2. The van der Waals surface area contributed by atoms with Crippen molar-refractivity contribution in [2.45, 2.75) is 18.9 Å². The standard InChI is InChI=1S/C25H26N4O3/c1-30-19-8-17(9-20(11-19)31-2)16-5-6-23-21(10-16)22(13-28-23)24-14-27-15-25(29-24)32-18-4-3-7-26-12-18/h5-6,8-11,13-15,18,26,28H,3-4,7,12H2,1-2H3. The van der Waals surface area contributed by atoms with Gasteiger partial charge in [-0.3, -0.25) is 4.98 Å². The third-order valence-electron chi connectivity index (χ3n) is 5.79. The zero-order chi connectivity index (χ0) is 21.9. The summed E-state index contributed by atoms with van der Waals surface area (Å²) >= 11 is 0. The fourth-order valence-corrected chi connectivity index (χ4v) is 4.11. The Labute approximate surface area is 186 Å². The van der Waals surface area contributed by atoms with Crippen molar-refractivity contribution in [3.8, 4) is 39.8 Å². The molecule has 0 spiro atoms. The maximum atomic E-state index is 6.08. The van der Waals surface area contributed by atoms with E-state index in [0.29, 0.717) is 5.88 Å². The number of rotatable bonds is 6. The first-order chi connectivity index (χ1) is 15.7. The van der Waals surface area contributed by atoms with Gasteiger partial charge >= 0.3 is 0 Å². The Kier molecular flexibility index (Phi) is 5.64. The number of piperidine rings is 1. The first kappa shape index (κ1) is 20.3. The lowest BCUT2D eigenvalue weighted by molar-refractivity contribution is 0.160. The van der Waals surface area contributed by atoms with Gasteiger partial charge in [-0.25, -0.2) is 4.98 Å². The predicted molar refractivity (Wildman–Crippen MR) is 124 cm³/mol. The van der Waals surface area contributed by atoms with Gasteiger partial charge in [0.1, 0.15) is 17.6 Å². The largest absolute Gasteiger partial charge is 0.497 e. The van der Waals surface area contributed by atoms with E-state index in [0.717, 1.165) is 70.7 Å². The molecule has 1 atom stereocenters. The molecule has 4 aromatic rings. The third kappa shape index (κ3) is 4.11. The van der Waals surface area contributed by atoms with Crippen LogP contribution in [0.25, 0.3) is 33.3 Å². The number of ether oxygens (including phenoxy) is 3. The van der Waals surface area contributed by atoms with E-state index in [-0.39, 0.29) is 6.10 Å². The lowest BCUT2D eigenvalue weighted by atomic mass is 10.0. The molecule has 164 valence electrons. The van der Waals surface area contributed by atoms with Crippen LogP contribution in [-0.4, -0.2) is 48.4 Å². The molecular formula is C25H26N4O3. The molecule has 2 aromatic heterocycles. The number of aromatic nitrogens is 3. The summed E-state index contributed by atoms with van der Waals surface area (Å²) in [7, 11) is 3.31. The van der Waals surface area contributed by atoms with E-state index >= 15 is 0 Å². The zero-order valence-corrected chi connectivity index (χ0v) is 18.2. The molecule has 7 nitrogen and oxygen atoms in total. The molecule has 0 bridgehead atoms. The zero-order valence-electron chi connectivity index (χ0n) is 18.2. The summed E-state index contributed by atoms with van der Waals surface area (Å²) in [5.41, 5.74) is 4.87. The molecule has 0 aliphatic carbocycles. The van der Waals surface area contributed by atoms with E-state index in [9.17, 15) is 0 Å². The third-order valence-corrected chi connectivity index (χ3v) is 5.79. The van der Waals surface area contributed by atoms with Crippen LogP contribution in [0.1, 0.15) is 12.8 Å². The highest BCUT2D eigenvalue weighted by Gasteiger charge is 2.16. The summed E-state index contributed by atoms with van der Waals surface area (Å²) in [5.74, 6) is 2.06. The van der Waals surface area contributed by atoms with Crippen molar-refractivity contribution in [2.24, 2.45) is 0 Å². The van der Waals surface area contributed by atoms with Crippen molar-refractivity contribution < 1.29 is 14.2 Å². The highest BCUT2D eigenvalue weighted by atomic mass is 16.5. The van der Waals surface area contributed by atoms with E-state index in [1.807, 2.05) is 24.4 Å². The minimum Gasteiger partial charge on any atom is -0.497 e. The summed E-state index contributed by atoms with van der Waals surface area (Å²) in [6, 6.07) is 12.2. The Balaban J connectivity index is 1.50. The monoisotopic (exact) mass is 430 g/mol. The molecule has 2 aromatic carbocycles. The van der Waals surface area contributed by atoms with E-state index in [4.69, 9.17) is 19.2 Å². The van der Waals surface area contributed by atoms with Crippen LogP contribution in [0.15, 0.2) is 55.0 Å². The van der Waals surface area contributed by atoms with Crippen LogP contribution < -0.4 is 19.5 Å². The SMILES string of the molecule is COc1cc(OC)cc(-c2ccc3[nH]cc(-c4cncc(OC5CCCNC5)n4)c3c2)c1. The van der Waals surface area contributed by atoms with Gasteiger partial charge in [-0.1, -0.05) is 6.07 Å². The lowest BCUT2D eigenvalue weighted by Crippen LogP contribution is -2.37. The Morgan fingerprint density at radius 2 is 1.81 bits per heavy atom. The number of H-pyrrole nitrogens is 1. The second kappa shape index (κ2) is 8.88. The summed E-state index contributed by atoms with van der Waals surface area (Å²) in [5, 5.41) is 4.43. The van der Waals surface area contributed by atoms with Crippen molar-refractivity contribution in [1.29, 1.82) is 0 Å². The molecule has 0 saturated carbocycles. The number of aromatic amines is 1. The van der Waals surface area contributed by atoms with Crippen LogP contribution in [0.3, 0.4) is 0 Å². The molecule has 0 amide bonds. The number of hydrogen-bond acceptors (Lipinski definition) is 6. The Morgan fingerprint density at radius 1 is 0.969 bits per heavy atom. The normalized spacial score (nSPS) is 16.1. The molecule has 1 aliphatic heterocycles. The van der Waals surface area contributed by atoms with Gasteiger partial charge in [-0.05, 0) is 54.8 Å². The molecule has 32 heavy (non-hydrogen) atoms. The van der Waals surface area contributed by atoms with Gasteiger partial charge in [-0.15, -0.1) is 0 Å². The first-order valence-corrected chi connectivity index (χ1v) is 10.8. The number of methoxy groups -OCH3 is 2. The molecule has 1 unspecified atom stereocenters. The van der Waals surface area contributed by atoms with Crippen LogP contribution >= 0.6 is 0 Å². The van der Waals surface area contributed by atoms with Crippen LogP contribution in [0.2, 0.25) is 0 Å². The Hall–Kier alpha value is -3.58. The average molecular weight is 431 g/mol. The molecule has 0 radical (unpaired) electrons. The minimum absolute atomic E-state index is 0.130. The maximum absolute atomic E-state index is 6.08. The summed E-state index contributed by atoms with van der Waals surface area (Å²) in [6.07, 6.45) is 7.69. The molecule has 3 heterocycles. The van der Waals surface area contributed by atoms with Crippen LogP contribution in [-0.2, 0) is 0 Å². The van der Waals surface area contributed by atoms with Crippen molar-refractivity contribution in [3.05, 3.63) is 55.0 Å². The summed E-state index contributed by atoms with van der Waals surface area (Å²) in [6.45, 7) is 1.88. The van der Waals surface area contributed by atoms with Gasteiger partial charge in [0.05, 0.1) is 32.3 Å². The van der Waals surface area contributed by atoms with Crippen LogP contribution in [0.4, 0.5) is 0 Å². The Bertz CT molecular complexity index is 1210. The number of benzene rings is 2. The highest BCUT2D eigenvalue weighted by molar-refractivity contribution is 5.97. The molecule has 2 N–H and O–H groups in total. The second-order valence-electron chi connectivity index (χ2n) is 7.89. The fraction of sp³-hybridized carbons (Fsp3) is 0.280. The maximum Gasteiger partial charge on any atom is 0.233 e. The number of fused-ring (bicyclic) bond motifs is 1. The van der Waals surface area contributed by atoms with Crippen LogP contribution in [0.5, 0.6) is 17.4 Å². The van der Waals surface area contributed by atoms with Crippen molar-refractivity contribution in [2.75, 3.05) is 27.3 Å². The molecular weight excluding hydrogens is 404 g/mol. The number of nitrogens with zero attached hydrogens (tertiary/aromatic N) is 2. The second-order valence-corrected chi connectivity index (χ2v) is 7.89. The number of hydrogen-bond donors (Lipinski definition) is 2. The van der Waals surface area contributed by atoms with E-state index in [1.54, 1.807) is 26.6 Å². The van der Waals surface area contributed by atoms with E-state index in [1.165, 1.54) is 0 Å². The fourth-order valence-electron chi connectivity index (χ4n) is 4.11. The van der Waals surface area contributed by atoms with Gasteiger partial charge in [-0.2, -0.15) is 0 Å². The van der Waals surface area contributed by atoms with Crippen molar-refractivity contribution >= 4 is 10.9 Å².